The number of nitrogens with zero attached hydrogens (tertiary/aromatic N) is 2. The summed E-state index contributed by atoms with van der Waals surface area (Å²) in [6.07, 6.45) is 2.00. The molecule has 0 fully saturated rings. The van der Waals surface area contributed by atoms with Gasteiger partial charge in [0.15, 0.2) is 0 Å². The van der Waals surface area contributed by atoms with Crippen LogP contribution in [0.15, 0.2) is 70.7 Å². The van der Waals surface area contributed by atoms with Crippen LogP contribution >= 0.6 is 11.8 Å². The van der Waals surface area contributed by atoms with Gasteiger partial charge in [0.1, 0.15) is 5.03 Å². The molecule has 0 saturated carbocycles. The van der Waals surface area contributed by atoms with Crippen LogP contribution in [0.1, 0.15) is 35.3 Å². The van der Waals surface area contributed by atoms with Gasteiger partial charge in [-0.3, -0.25) is 9.59 Å². The number of hydrogen-bond acceptors (Lipinski definition) is 4. The number of amides is 2. The first-order chi connectivity index (χ1) is 14.4. The van der Waals surface area contributed by atoms with Gasteiger partial charge in [-0.15, -0.1) is 0 Å². The molecular weight excluding hydrogens is 394 g/mol. The van der Waals surface area contributed by atoms with E-state index in [1.165, 1.54) is 17.3 Å². The lowest BCUT2D eigenvalue weighted by atomic mass is 10.1. The number of nitrogens with one attached hydrogen (secondary N) is 1. The molecule has 0 saturated heterocycles. The summed E-state index contributed by atoms with van der Waals surface area (Å²) in [5.74, 6) is -0.136. The molecule has 1 aliphatic heterocycles. The maximum Gasteiger partial charge on any atom is 0.261 e. The van der Waals surface area contributed by atoms with Crippen molar-refractivity contribution < 1.29 is 9.59 Å². The van der Waals surface area contributed by atoms with E-state index in [0.29, 0.717) is 22.7 Å². The molecule has 3 aromatic rings. The lowest BCUT2D eigenvalue weighted by Crippen LogP contribution is -2.37. The van der Waals surface area contributed by atoms with Gasteiger partial charge in [0.25, 0.3) is 5.91 Å². The molecule has 4 rings (SSSR count). The summed E-state index contributed by atoms with van der Waals surface area (Å²) in [5.41, 5.74) is 4.26. The zero-order valence-corrected chi connectivity index (χ0v) is 18.0. The highest BCUT2D eigenvalue weighted by Gasteiger charge is 2.29. The van der Waals surface area contributed by atoms with Crippen molar-refractivity contribution in [2.45, 2.75) is 43.2 Å². The van der Waals surface area contributed by atoms with Gasteiger partial charge >= 0.3 is 0 Å². The number of hydrogen-bond donors (Lipinski definition) is 1. The summed E-state index contributed by atoms with van der Waals surface area (Å²) in [7, 11) is 0. The van der Waals surface area contributed by atoms with Crippen molar-refractivity contribution in [3.8, 4) is 0 Å². The second kappa shape index (κ2) is 8.32. The molecular formula is C24H23N3O2S. The standard InChI is InChI=1S/C24H23N3O2S/c1-15(2)27-20-11-10-18(26-22(28)13-17-8-6-16(3)7-9-17)14-21(20)30-23-19(24(27)29)5-4-12-25-23/h4-12,14-15H,13H2,1-3H3,(H,26,28). The maximum absolute atomic E-state index is 13.1. The van der Waals surface area contributed by atoms with Crippen LogP contribution in [0.4, 0.5) is 11.4 Å². The van der Waals surface area contributed by atoms with Crippen molar-refractivity contribution in [2.75, 3.05) is 10.2 Å². The van der Waals surface area contributed by atoms with Gasteiger partial charge in [-0.2, -0.15) is 0 Å². The Bertz CT molecular complexity index is 1110. The third kappa shape index (κ3) is 4.09. The fourth-order valence-corrected chi connectivity index (χ4v) is 4.50. The first-order valence-corrected chi connectivity index (χ1v) is 10.7. The predicted molar refractivity (Wildman–Crippen MR) is 120 cm³/mol. The van der Waals surface area contributed by atoms with Gasteiger partial charge in [-0.1, -0.05) is 41.6 Å². The molecule has 2 amide bonds. The zero-order valence-electron chi connectivity index (χ0n) is 17.2. The van der Waals surface area contributed by atoms with Crippen LogP contribution in [0.2, 0.25) is 0 Å². The molecule has 5 nitrogen and oxygen atoms in total. The van der Waals surface area contributed by atoms with Crippen LogP contribution in [0.3, 0.4) is 0 Å². The van der Waals surface area contributed by atoms with E-state index in [1.807, 2.05) is 69.3 Å². The summed E-state index contributed by atoms with van der Waals surface area (Å²) >= 11 is 1.45. The highest BCUT2D eigenvalue weighted by Crippen LogP contribution is 2.42. The largest absolute Gasteiger partial charge is 0.326 e. The summed E-state index contributed by atoms with van der Waals surface area (Å²) in [4.78, 5) is 32.7. The van der Waals surface area contributed by atoms with Gasteiger partial charge in [0.05, 0.1) is 17.7 Å². The molecule has 1 aromatic heterocycles. The van der Waals surface area contributed by atoms with E-state index >= 15 is 0 Å². The average Bonchev–Trinajstić information content (AvgIpc) is 2.83. The minimum atomic E-state index is -0.0762. The highest BCUT2D eigenvalue weighted by atomic mass is 32.2. The molecule has 6 heteroatoms. The number of pyridine rings is 1. The quantitative estimate of drug-likeness (QED) is 0.642. The van der Waals surface area contributed by atoms with Crippen molar-refractivity contribution in [3.05, 3.63) is 77.5 Å². The van der Waals surface area contributed by atoms with Gasteiger partial charge < -0.3 is 10.2 Å². The summed E-state index contributed by atoms with van der Waals surface area (Å²) in [5, 5.41) is 3.65. The number of benzene rings is 2. The third-order valence-electron chi connectivity index (χ3n) is 4.93. The molecule has 2 heterocycles. The third-order valence-corrected chi connectivity index (χ3v) is 6.00. The molecule has 1 aliphatic rings. The number of fused-ring (bicyclic) bond motifs is 2. The second-order valence-corrected chi connectivity index (χ2v) is 8.65. The van der Waals surface area contributed by atoms with Crippen LogP contribution in [-0.4, -0.2) is 22.8 Å². The van der Waals surface area contributed by atoms with Crippen LogP contribution in [0.25, 0.3) is 0 Å². The van der Waals surface area contributed by atoms with Crippen molar-refractivity contribution in [2.24, 2.45) is 0 Å². The molecule has 0 aliphatic carbocycles. The van der Waals surface area contributed by atoms with Crippen molar-refractivity contribution in [3.63, 3.8) is 0 Å². The number of anilines is 2. The number of aromatic nitrogens is 1. The summed E-state index contributed by atoms with van der Waals surface area (Å²) in [6.45, 7) is 6.01. The summed E-state index contributed by atoms with van der Waals surface area (Å²) in [6, 6.07) is 17.2. The Kier molecular flexibility index (Phi) is 5.59. The Morgan fingerprint density at radius 2 is 1.90 bits per heavy atom. The lowest BCUT2D eigenvalue weighted by Gasteiger charge is -2.27. The monoisotopic (exact) mass is 417 g/mol. The first kappa shape index (κ1) is 20.2. The second-order valence-electron chi connectivity index (χ2n) is 7.62. The van der Waals surface area contributed by atoms with E-state index in [2.05, 4.69) is 10.3 Å². The van der Waals surface area contributed by atoms with Gasteiger partial charge in [0.2, 0.25) is 5.91 Å². The number of carbonyl (C=O) groups excluding carboxylic acids is 2. The Morgan fingerprint density at radius 1 is 1.13 bits per heavy atom. The number of rotatable bonds is 4. The molecule has 1 N–H and O–H groups in total. The fourth-order valence-electron chi connectivity index (χ4n) is 3.46. The van der Waals surface area contributed by atoms with Gasteiger partial charge in [-0.25, -0.2) is 4.98 Å². The van der Waals surface area contributed by atoms with E-state index in [-0.39, 0.29) is 17.9 Å². The Labute approximate surface area is 180 Å². The normalized spacial score (nSPS) is 12.9. The fraction of sp³-hybridized carbons (Fsp3) is 0.208. The minimum Gasteiger partial charge on any atom is -0.326 e. The average molecular weight is 418 g/mol. The first-order valence-electron chi connectivity index (χ1n) is 9.88. The molecule has 30 heavy (non-hydrogen) atoms. The zero-order chi connectivity index (χ0) is 21.3. The minimum absolute atomic E-state index is 0.00927. The van der Waals surface area contributed by atoms with E-state index in [4.69, 9.17) is 0 Å². The van der Waals surface area contributed by atoms with E-state index in [0.717, 1.165) is 16.1 Å². The molecule has 0 unspecified atom stereocenters. The van der Waals surface area contributed by atoms with Crippen LogP contribution < -0.4 is 10.2 Å². The van der Waals surface area contributed by atoms with Gasteiger partial charge in [-0.05, 0) is 56.7 Å². The number of carbonyl (C=O) groups is 2. The molecule has 2 aromatic carbocycles. The Balaban J connectivity index is 1.62. The summed E-state index contributed by atoms with van der Waals surface area (Å²) < 4.78 is 0. The topological polar surface area (TPSA) is 62.3 Å². The van der Waals surface area contributed by atoms with E-state index < -0.39 is 0 Å². The van der Waals surface area contributed by atoms with Crippen molar-refractivity contribution >= 4 is 35.0 Å². The predicted octanol–water partition coefficient (Wildman–Crippen LogP) is 5.09. The SMILES string of the molecule is Cc1ccc(CC(=O)Nc2ccc3c(c2)Sc2ncccc2C(=O)N3C(C)C)cc1. The highest BCUT2D eigenvalue weighted by molar-refractivity contribution is 7.99. The van der Waals surface area contributed by atoms with Crippen LogP contribution in [0.5, 0.6) is 0 Å². The molecule has 0 radical (unpaired) electrons. The Hall–Kier alpha value is -3.12. The van der Waals surface area contributed by atoms with E-state index in [9.17, 15) is 9.59 Å². The lowest BCUT2D eigenvalue weighted by molar-refractivity contribution is -0.115. The number of aryl methyl sites for hydroxylation is 1. The smallest absolute Gasteiger partial charge is 0.261 e. The molecule has 0 atom stereocenters. The molecule has 0 bridgehead atoms. The molecule has 152 valence electrons. The maximum atomic E-state index is 13.1. The van der Waals surface area contributed by atoms with Crippen LogP contribution in [0, 0.1) is 6.92 Å². The van der Waals surface area contributed by atoms with Crippen LogP contribution in [-0.2, 0) is 11.2 Å². The van der Waals surface area contributed by atoms with Crippen molar-refractivity contribution in [1.82, 2.24) is 4.98 Å². The van der Waals surface area contributed by atoms with E-state index in [1.54, 1.807) is 17.2 Å². The molecule has 0 spiro atoms. The van der Waals surface area contributed by atoms with Crippen molar-refractivity contribution in [1.29, 1.82) is 0 Å². The Morgan fingerprint density at radius 3 is 2.63 bits per heavy atom. The van der Waals surface area contributed by atoms with Gasteiger partial charge in [0, 0.05) is 22.8 Å².